The van der Waals surface area contributed by atoms with Gasteiger partial charge in [0.25, 0.3) is 0 Å². The van der Waals surface area contributed by atoms with Crippen molar-refractivity contribution in [2.24, 2.45) is 5.92 Å². The lowest BCUT2D eigenvalue weighted by atomic mass is 10.1. The number of rotatable bonds is 6. The van der Waals surface area contributed by atoms with E-state index in [9.17, 15) is 4.79 Å². The number of amides is 2. The highest BCUT2D eigenvalue weighted by Crippen LogP contribution is 2.32. The highest BCUT2D eigenvalue weighted by Gasteiger charge is 2.34. The summed E-state index contributed by atoms with van der Waals surface area (Å²) >= 11 is 0. The van der Waals surface area contributed by atoms with E-state index in [1.54, 1.807) is 7.11 Å². The summed E-state index contributed by atoms with van der Waals surface area (Å²) in [6.45, 7) is 6.06. The Kier molecular flexibility index (Phi) is 5.68. The molecule has 2 fully saturated rings. The van der Waals surface area contributed by atoms with Gasteiger partial charge in [-0.2, -0.15) is 0 Å². The molecule has 0 bridgehead atoms. The van der Waals surface area contributed by atoms with Gasteiger partial charge in [-0.15, -0.1) is 0 Å². The minimum Gasteiger partial charge on any atom is -0.383 e. The number of nitrogens with one attached hydrogen (secondary N) is 1. The quantitative estimate of drug-likeness (QED) is 0.864. The van der Waals surface area contributed by atoms with Gasteiger partial charge in [0.1, 0.15) is 0 Å². The number of hydrogen-bond acceptors (Lipinski definition) is 4. The van der Waals surface area contributed by atoms with E-state index in [2.05, 4.69) is 28.2 Å². The van der Waals surface area contributed by atoms with E-state index >= 15 is 0 Å². The highest BCUT2D eigenvalue weighted by atomic mass is 16.5. The van der Waals surface area contributed by atoms with Gasteiger partial charge < -0.3 is 15.0 Å². The van der Waals surface area contributed by atoms with Gasteiger partial charge in [0.15, 0.2) is 0 Å². The molecule has 1 aromatic rings. The monoisotopic (exact) mass is 332 g/mol. The molecule has 6 heteroatoms. The van der Waals surface area contributed by atoms with Crippen LogP contribution in [-0.2, 0) is 4.74 Å². The van der Waals surface area contributed by atoms with Crippen LogP contribution in [0.5, 0.6) is 0 Å². The summed E-state index contributed by atoms with van der Waals surface area (Å²) in [6, 6.07) is 6.52. The summed E-state index contributed by atoms with van der Waals surface area (Å²) in [4.78, 5) is 21.2. The first-order valence-electron chi connectivity index (χ1n) is 8.88. The van der Waals surface area contributed by atoms with E-state index < -0.39 is 0 Å². The van der Waals surface area contributed by atoms with Crippen molar-refractivity contribution in [3.8, 4) is 0 Å². The first-order valence-corrected chi connectivity index (χ1v) is 8.88. The molecule has 0 radical (unpaired) electrons. The number of urea groups is 1. The van der Waals surface area contributed by atoms with Crippen LogP contribution >= 0.6 is 0 Å². The number of carbonyl (C=O) groups is 1. The van der Waals surface area contributed by atoms with Crippen molar-refractivity contribution in [1.82, 2.24) is 20.1 Å². The molecule has 2 heterocycles. The van der Waals surface area contributed by atoms with Crippen LogP contribution < -0.4 is 5.32 Å². The molecule has 6 nitrogen and oxygen atoms in total. The molecule has 1 aromatic heterocycles. The number of pyridine rings is 1. The molecule has 0 aromatic carbocycles. The van der Waals surface area contributed by atoms with Crippen LogP contribution in [-0.4, -0.2) is 66.8 Å². The molecule has 1 aliphatic heterocycles. The van der Waals surface area contributed by atoms with Gasteiger partial charge in [-0.25, -0.2) is 4.79 Å². The van der Waals surface area contributed by atoms with E-state index in [1.165, 1.54) is 12.8 Å². The zero-order valence-corrected chi connectivity index (χ0v) is 14.6. The second kappa shape index (κ2) is 7.94. The molecule has 2 aliphatic rings. The number of aromatic nitrogens is 1. The van der Waals surface area contributed by atoms with Crippen molar-refractivity contribution in [2.45, 2.75) is 31.8 Å². The fraction of sp³-hybridized carbons (Fsp3) is 0.667. The Morgan fingerprint density at radius 2 is 2.08 bits per heavy atom. The lowest BCUT2D eigenvalue weighted by molar-refractivity contribution is 0.105. The Hall–Kier alpha value is -1.66. The molecule has 1 N–H and O–H groups in total. The number of methoxy groups -OCH3 is 1. The Morgan fingerprint density at radius 3 is 2.67 bits per heavy atom. The largest absolute Gasteiger partial charge is 0.383 e. The topological polar surface area (TPSA) is 57.7 Å². The summed E-state index contributed by atoms with van der Waals surface area (Å²) in [6.07, 6.45) is 4.23. The minimum atomic E-state index is 0.0501. The number of piperazine rings is 1. The fourth-order valence-corrected chi connectivity index (χ4v) is 3.35. The van der Waals surface area contributed by atoms with Gasteiger partial charge in [0, 0.05) is 45.5 Å². The van der Waals surface area contributed by atoms with Gasteiger partial charge in [-0.1, -0.05) is 6.07 Å². The lowest BCUT2D eigenvalue weighted by Crippen LogP contribution is -2.54. The SMILES string of the molecule is COC[C@@H](NC(=O)N1CCN([C@H](C)c2ccccn2)CC1)C1CC1. The van der Waals surface area contributed by atoms with E-state index in [1.807, 2.05) is 23.2 Å². The molecule has 1 saturated carbocycles. The van der Waals surface area contributed by atoms with Crippen molar-refractivity contribution in [1.29, 1.82) is 0 Å². The van der Waals surface area contributed by atoms with Gasteiger partial charge in [-0.3, -0.25) is 9.88 Å². The molecule has 2 amide bonds. The Balaban J connectivity index is 1.48. The van der Waals surface area contributed by atoms with Crippen molar-refractivity contribution in [2.75, 3.05) is 39.9 Å². The average Bonchev–Trinajstić information content (AvgIpc) is 3.47. The van der Waals surface area contributed by atoms with E-state index in [0.717, 1.165) is 31.9 Å². The first-order chi connectivity index (χ1) is 11.7. The van der Waals surface area contributed by atoms with Crippen LogP contribution in [0.25, 0.3) is 0 Å². The number of ether oxygens (including phenoxy) is 1. The third-order valence-electron chi connectivity index (χ3n) is 5.11. The average molecular weight is 332 g/mol. The predicted molar refractivity (Wildman–Crippen MR) is 92.7 cm³/mol. The van der Waals surface area contributed by atoms with Crippen molar-refractivity contribution in [3.05, 3.63) is 30.1 Å². The predicted octanol–water partition coefficient (Wildman–Crippen LogP) is 1.89. The molecular weight excluding hydrogens is 304 g/mol. The maximum atomic E-state index is 12.5. The summed E-state index contributed by atoms with van der Waals surface area (Å²) in [7, 11) is 1.69. The molecule has 132 valence electrons. The second-order valence-corrected chi connectivity index (χ2v) is 6.80. The molecule has 0 spiro atoms. The fourth-order valence-electron chi connectivity index (χ4n) is 3.35. The van der Waals surface area contributed by atoms with Gasteiger partial charge in [-0.05, 0) is 37.8 Å². The van der Waals surface area contributed by atoms with E-state index in [0.29, 0.717) is 12.5 Å². The normalized spacial score (nSPS) is 21.3. The summed E-state index contributed by atoms with van der Waals surface area (Å²) in [5, 5.41) is 3.16. The van der Waals surface area contributed by atoms with Crippen LogP contribution in [0, 0.1) is 5.92 Å². The van der Waals surface area contributed by atoms with Gasteiger partial charge in [0.2, 0.25) is 0 Å². The van der Waals surface area contributed by atoms with Crippen LogP contribution in [0.1, 0.15) is 31.5 Å². The maximum Gasteiger partial charge on any atom is 0.317 e. The van der Waals surface area contributed by atoms with Crippen molar-refractivity contribution >= 4 is 6.03 Å². The van der Waals surface area contributed by atoms with E-state index in [4.69, 9.17) is 4.74 Å². The molecule has 1 aliphatic carbocycles. The van der Waals surface area contributed by atoms with Crippen LogP contribution in [0.15, 0.2) is 24.4 Å². The molecule has 24 heavy (non-hydrogen) atoms. The van der Waals surface area contributed by atoms with Crippen molar-refractivity contribution < 1.29 is 9.53 Å². The third-order valence-corrected chi connectivity index (χ3v) is 5.11. The molecule has 2 atom stereocenters. The van der Waals surface area contributed by atoms with Crippen molar-refractivity contribution in [3.63, 3.8) is 0 Å². The standard InChI is InChI=1S/C18H28N4O2/c1-14(16-5-3-4-8-19-16)21-9-11-22(12-10-21)18(23)20-17(13-24-2)15-6-7-15/h3-5,8,14-15,17H,6-7,9-13H2,1-2H3,(H,20,23)/t14-,17-/m1/s1. The third kappa shape index (κ3) is 4.24. The second-order valence-electron chi connectivity index (χ2n) is 6.80. The number of nitrogens with zero attached hydrogens (tertiary/aromatic N) is 3. The molecule has 0 unspecified atom stereocenters. The highest BCUT2D eigenvalue weighted by molar-refractivity contribution is 5.74. The Bertz CT molecular complexity index is 527. The van der Waals surface area contributed by atoms with Crippen LogP contribution in [0.2, 0.25) is 0 Å². The summed E-state index contributed by atoms with van der Waals surface area (Å²) < 4.78 is 5.24. The Labute approximate surface area is 144 Å². The maximum absolute atomic E-state index is 12.5. The lowest BCUT2D eigenvalue weighted by Gasteiger charge is -2.38. The van der Waals surface area contributed by atoms with Gasteiger partial charge >= 0.3 is 6.03 Å². The Morgan fingerprint density at radius 1 is 1.33 bits per heavy atom. The van der Waals surface area contributed by atoms with E-state index in [-0.39, 0.29) is 18.1 Å². The van der Waals surface area contributed by atoms with Gasteiger partial charge in [0.05, 0.1) is 18.3 Å². The molecule has 3 rings (SSSR count). The zero-order valence-electron chi connectivity index (χ0n) is 14.6. The smallest absolute Gasteiger partial charge is 0.317 e. The zero-order chi connectivity index (χ0) is 16.9. The molecular formula is C18H28N4O2. The summed E-state index contributed by atoms with van der Waals surface area (Å²) in [5.74, 6) is 0.597. The number of hydrogen-bond donors (Lipinski definition) is 1. The number of carbonyl (C=O) groups excluding carboxylic acids is 1. The minimum absolute atomic E-state index is 0.0501. The summed E-state index contributed by atoms with van der Waals surface area (Å²) in [5.41, 5.74) is 1.09. The molecule has 1 saturated heterocycles. The van der Waals surface area contributed by atoms with Crippen LogP contribution in [0.3, 0.4) is 0 Å². The van der Waals surface area contributed by atoms with Crippen LogP contribution in [0.4, 0.5) is 4.79 Å². The first kappa shape index (κ1) is 17.2.